The molecule has 0 radical (unpaired) electrons. The van der Waals surface area contributed by atoms with Crippen molar-refractivity contribution in [2.24, 2.45) is 0 Å². The molecule has 3 aromatic carbocycles. The summed E-state index contributed by atoms with van der Waals surface area (Å²) in [6, 6.07) is 21.6. The lowest BCUT2D eigenvalue weighted by atomic mass is 10.2. The van der Waals surface area contributed by atoms with Crippen molar-refractivity contribution in [3.63, 3.8) is 0 Å². The van der Waals surface area contributed by atoms with Crippen LogP contribution in [0.1, 0.15) is 15.9 Å². The minimum Gasteiger partial charge on any atom is -0.322 e. The van der Waals surface area contributed by atoms with E-state index in [9.17, 15) is 9.18 Å². The zero-order valence-corrected chi connectivity index (χ0v) is 14.8. The molecule has 0 aliphatic rings. The molecule has 1 N–H and O–H groups in total. The average Bonchev–Trinajstić information content (AvgIpc) is 2.64. The molecule has 0 aliphatic heterocycles. The van der Waals surface area contributed by atoms with Crippen LogP contribution in [0.5, 0.6) is 0 Å². The summed E-state index contributed by atoms with van der Waals surface area (Å²) >= 11 is 7.36. The first-order chi connectivity index (χ1) is 12.1. The highest BCUT2D eigenvalue weighted by Crippen LogP contribution is 2.27. The summed E-state index contributed by atoms with van der Waals surface area (Å²) in [5.41, 5.74) is 2.22. The second-order valence-electron chi connectivity index (χ2n) is 5.35. The second-order valence-corrected chi connectivity index (χ2v) is 6.78. The summed E-state index contributed by atoms with van der Waals surface area (Å²) in [4.78, 5) is 13.5. The van der Waals surface area contributed by atoms with Gasteiger partial charge in [0.1, 0.15) is 5.82 Å². The molecule has 0 aliphatic carbocycles. The molecule has 2 nitrogen and oxygen atoms in total. The Morgan fingerprint density at radius 1 is 1.00 bits per heavy atom. The van der Waals surface area contributed by atoms with Gasteiger partial charge >= 0.3 is 0 Å². The van der Waals surface area contributed by atoms with Crippen LogP contribution in [0.4, 0.5) is 10.1 Å². The lowest BCUT2D eigenvalue weighted by Crippen LogP contribution is -2.13. The topological polar surface area (TPSA) is 29.1 Å². The fourth-order valence-corrected chi connectivity index (χ4v) is 3.47. The number of nitrogens with one attached hydrogen (secondary N) is 1. The number of thioether (sulfide) groups is 1. The van der Waals surface area contributed by atoms with E-state index in [2.05, 4.69) is 17.4 Å². The van der Waals surface area contributed by atoms with Gasteiger partial charge in [-0.15, -0.1) is 11.8 Å². The molecule has 5 heteroatoms. The Balaban J connectivity index is 1.75. The van der Waals surface area contributed by atoms with Crippen LogP contribution in [-0.4, -0.2) is 5.91 Å². The number of hydrogen-bond acceptors (Lipinski definition) is 2. The van der Waals surface area contributed by atoms with Crippen molar-refractivity contribution in [2.75, 3.05) is 5.32 Å². The average molecular weight is 372 g/mol. The van der Waals surface area contributed by atoms with Crippen molar-refractivity contribution in [1.82, 2.24) is 0 Å². The molecule has 3 rings (SSSR count). The van der Waals surface area contributed by atoms with Crippen LogP contribution in [0, 0.1) is 5.82 Å². The molecule has 126 valence electrons. The van der Waals surface area contributed by atoms with E-state index in [-0.39, 0.29) is 10.9 Å². The third-order valence-corrected chi connectivity index (χ3v) is 4.98. The van der Waals surface area contributed by atoms with Crippen LogP contribution in [0.3, 0.4) is 0 Å². The molecule has 0 bridgehead atoms. The number of benzene rings is 3. The smallest absolute Gasteiger partial charge is 0.256 e. The zero-order chi connectivity index (χ0) is 17.6. The summed E-state index contributed by atoms with van der Waals surface area (Å²) in [6.45, 7) is 0. The highest BCUT2D eigenvalue weighted by Gasteiger charge is 2.12. The first-order valence-electron chi connectivity index (χ1n) is 7.65. The van der Waals surface area contributed by atoms with Crippen LogP contribution in [0.2, 0.25) is 5.02 Å². The molecule has 3 aromatic rings. The summed E-state index contributed by atoms with van der Waals surface area (Å²) < 4.78 is 13.2. The summed E-state index contributed by atoms with van der Waals surface area (Å²) in [7, 11) is 0. The van der Waals surface area contributed by atoms with Crippen molar-refractivity contribution in [1.29, 1.82) is 0 Å². The van der Waals surface area contributed by atoms with E-state index in [4.69, 9.17) is 11.6 Å². The first-order valence-corrected chi connectivity index (χ1v) is 9.02. The van der Waals surface area contributed by atoms with Gasteiger partial charge in [0.2, 0.25) is 0 Å². The van der Waals surface area contributed by atoms with Gasteiger partial charge in [0, 0.05) is 16.3 Å². The molecule has 0 aromatic heterocycles. The molecular weight excluding hydrogens is 357 g/mol. The number of carbonyl (C=O) groups excluding carboxylic acids is 1. The van der Waals surface area contributed by atoms with Crippen molar-refractivity contribution in [2.45, 2.75) is 10.6 Å². The van der Waals surface area contributed by atoms with Crippen molar-refractivity contribution in [3.05, 3.63) is 94.8 Å². The van der Waals surface area contributed by atoms with Gasteiger partial charge in [0.05, 0.1) is 10.6 Å². The largest absolute Gasteiger partial charge is 0.322 e. The van der Waals surface area contributed by atoms with E-state index < -0.39 is 5.82 Å². The number of halogens is 2. The quantitative estimate of drug-likeness (QED) is 0.555. The minimum absolute atomic E-state index is 0.0236. The SMILES string of the molecule is O=C(Nc1ccc(F)c(Cl)c1)c1ccccc1SCc1ccccc1. The Morgan fingerprint density at radius 3 is 2.48 bits per heavy atom. The van der Waals surface area contributed by atoms with E-state index in [1.165, 1.54) is 23.8 Å². The van der Waals surface area contributed by atoms with E-state index in [0.29, 0.717) is 11.3 Å². The normalized spacial score (nSPS) is 10.5. The molecular formula is C20H15ClFNOS. The summed E-state index contributed by atoms with van der Waals surface area (Å²) in [5.74, 6) is 0.00497. The second kappa shape index (κ2) is 8.19. The van der Waals surface area contributed by atoms with Crippen LogP contribution in [-0.2, 0) is 5.75 Å². The number of hydrogen-bond donors (Lipinski definition) is 1. The molecule has 0 saturated heterocycles. The van der Waals surface area contributed by atoms with Crippen molar-refractivity contribution in [3.8, 4) is 0 Å². The predicted octanol–water partition coefficient (Wildman–Crippen LogP) is 6.02. The fourth-order valence-electron chi connectivity index (χ4n) is 2.29. The van der Waals surface area contributed by atoms with Gasteiger partial charge < -0.3 is 5.32 Å². The van der Waals surface area contributed by atoms with Gasteiger partial charge in [0.25, 0.3) is 5.91 Å². The Kier molecular flexibility index (Phi) is 5.74. The standard InChI is InChI=1S/C20H15ClFNOS/c21-17-12-15(10-11-18(17)22)23-20(24)16-8-4-5-9-19(16)25-13-14-6-2-1-3-7-14/h1-12H,13H2,(H,23,24). The number of carbonyl (C=O) groups is 1. The molecule has 0 unspecified atom stereocenters. The Hall–Kier alpha value is -2.30. The van der Waals surface area contributed by atoms with Crippen LogP contribution in [0.15, 0.2) is 77.7 Å². The molecule has 0 fully saturated rings. The molecule has 0 heterocycles. The van der Waals surface area contributed by atoms with Gasteiger partial charge in [-0.2, -0.15) is 0 Å². The van der Waals surface area contributed by atoms with Gasteiger partial charge in [-0.1, -0.05) is 54.1 Å². The third-order valence-electron chi connectivity index (χ3n) is 3.55. The van der Waals surface area contributed by atoms with Gasteiger partial charge in [-0.05, 0) is 35.9 Å². The number of rotatable bonds is 5. The monoisotopic (exact) mass is 371 g/mol. The lowest BCUT2D eigenvalue weighted by molar-refractivity contribution is 0.102. The maximum atomic E-state index is 13.2. The molecule has 0 spiro atoms. The van der Waals surface area contributed by atoms with E-state index in [1.54, 1.807) is 17.8 Å². The molecule has 0 atom stereocenters. The van der Waals surface area contributed by atoms with Crippen LogP contribution < -0.4 is 5.32 Å². The number of anilines is 1. The third kappa shape index (κ3) is 4.62. The van der Waals surface area contributed by atoms with Crippen molar-refractivity contribution < 1.29 is 9.18 Å². The first kappa shape index (κ1) is 17.5. The zero-order valence-electron chi connectivity index (χ0n) is 13.2. The summed E-state index contributed by atoms with van der Waals surface area (Å²) in [6.07, 6.45) is 0. The minimum atomic E-state index is -0.515. The van der Waals surface area contributed by atoms with E-state index in [0.717, 1.165) is 10.6 Å². The highest BCUT2D eigenvalue weighted by atomic mass is 35.5. The maximum Gasteiger partial charge on any atom is 0.256 e. The Morgan fingerprint density at radius 2 is 1.72 bits per heavy atom. The van der Waals surface area contributed by atoms with Gasteiger partial charge in [-0.3, -0.25) is 4.79 Å². The fraction of sp³-hybridized carbons (Fsp3) is 0.0500. The van der Waals surface area contributed by atoms with Crippen LogP contribution >= 0.6 is 23.4 Å². The number of amides is 1. The Bertz CT molecular complexity index is 886. The Labute approximate surface area is 155 Å². The predicted molar refractivity (Wildman–Crippen MR) is 102 cm³/mol. The molecule has 0 saturated carbocycles. The highest BCUT2D eigenvalue weighted by molar-refractivity contribution is 7.98. The van der Waals surface area contributed by atoms with Gasteiger partial charge in [0.15, 0.2) is 0 Å². The lowest BCUT2D eigenvalue weighted by Gasteiger charge is -2.10. The molecule has 25 heavy (non-hydrogen) atoms. The van der Waals surface area contributed by atoms with Crippen molar-refractivity contribution >= 4 is 35.0 Å². The van der Waals surface area contributed by atoms with Crippen LogP contribution in [0.25, 0.3) is 0 Å². The maximum absolute atomic E-state index is 13.2. The van der Waals surface area contributed by atoms with E-state index >= 15 is 0 Å². The summed E-state index contributed by atoms with van der Waals surface area (Å²) in [5, 5.41) is 2.74. The molecule has 1 amide bonds. The van der Waals surface area contributed by atoms with E-state index in [1.807, 2.05) is 36.4 Å². The van der Waals surface area contributed by atoms with Gasteiger partial charge in [-0.25, -0.2) is 4.39 Å².